The van der Waals surface area contributed by atoms with Gasteiger partial charge in [0.15, 0.2) is 0 Å². The zero-order valence-electron chi connectivity index (χ0n) is 17.8. The number of rotatable bonds is 6. The fourth-order valence-electron chi connectivity index (χ4n) is 4.17. The lowest BCUT2D eigenvalue weighted by Gasteiger charge is -2.25. The lowest BCUT2D eigenvalue weighted by molar-refractivity contribution is 0.0730. The molecule has 0 saturated carbocycles. The highest BCUT2D eigenvalue weighted by atomic mass is 16.5. The summed E-state index contributed by atoms with van der Waals surface area (Å²) in [7, 11) is 0. The highest BCUT2D eigenvalue weighted by Gasteiger charge is 2.21. The first kappa shape index (κ1) is 20.0. The predicted molar refractivity (Wildman–Crippen MR) is 125 cm³/mol. The Morgan fingerprint density at radius 1 is 0.875 bits per heavy atom. The van der Waals surface area contributed by atoms with Gasteiger partial charge in [0.25, 0.3) is 5.91 Å². The second-order valence-electron chi connectivity index (χ2n) is 7.96. The van der Waals surface area contributed by atoms with Gasteiger partial charge in [0, 0.05) is 37.5 Å². The van der Waals surface area contributed by atoms with Crippen LogP contribution in [0, 0.1) is 0 Å². The van der Waals surface area contributed by atoms with Crippen LogP contribution in [0.5, 0.6) is 5.75 Å². The quantitative estimate of drug-likeness (QED) is 0.412. The molecule has 3 aromatic carbocycles. The minimum atomic E-state index is 0.0133. The van der Waals surface area contributed by atoms with Crippen LogP contribution in [0.2, 0.25) is 0 Å². The van der Waals surface area contributed by atoms with E-state index in [2.05, 4.69) is 29.2 Å². The number of hydrogen-bond acceptors (Lipinski definition) is 3. The Morgan fingerprint density at radius 3 is 2.50 bits per heavy atom. The van der Waals surface area contributed by atoms with Crippen LogP contribution >= 0.6 is 0 Å². The Bertz CT molecular complexity index is 1220. The molecule has 0 unspecified atom stereocenters. The minimum absolute atomic E-state index is 0.0133. The first-order valence-corrected chi connectivity index (χ1v) is 10.9. The molecule has 2 heterocycles. The first-order valence-electron chi connectivity index (χ1n) is 10.9. The number of ether oxygens (including phenoxy) is 1. The fourth-order valence-corrected chi connectivity index (χ4v) is 4.17. The summed E-state index contributed by atoms with van der Waals surface area (Å²) >= 11 is 0. The Morgan fingerprint density at radius 2 is 1.66 bits per heavy atom. The summed E-state index contributed by atoms with van der Waals surface area (Å²) in [4.78, 5) is 19.7. The normalized spacial score (nSPS) is 12.1. The van der Waals surface area contributed by atoms with E-state index in [0.717, 1.165) is 40.0 Å². The summed E-state index contributed by atoms with van der Waals surface area (Å²) in [5.41, 5.74) is 6.25. The minimum Gasteiger partial charge on any atom is -0.493 e. The molecule has 1 aromatic heterocycles. The first-order chi connectivity index (χ1) is 15.8. The molecule has 0 spiro atoms. The summed E-state index contributed by atoms with van der Waals surface area (Å²) in [6.45, 7) is 1.70. The van der Waals surface area contributed by atoms with Crippen molar-refractivity contribution in [3.05, 3.63) is 120 Å². The monoisotopic (exact) mass is 420 g/mol. The fraction of sp³-hybridized carbons (Fsp3) is 0.143. The van der Waals surface area contributed by atoms with E-state index in [1.807, 2.05) is 65.6 Å². The van der Waals surface area contributed by atoms with Crippen molar-refractivity contribution in [3.63, 3.8) is 0 Å². The molecular formula is C28H24N2O2. The SMILES string of the molecule is O=C(c1ccc2c(c1)CCO2)N(Cc1ccncc1)Cc1ccccc1-c1ccccc1. The van der Waals surface area contributed by atoms with E-state index in [1.165, 1.54) is 0 Å². The molecular weight excluding hydrogens is 396 g/mol. The third kappa shape index (κ3) is 4.26. The van der Waals surface area contributed by atoms with Crippen LogP contribution in [0.4, 0.5) is 0 Å². The van der Waals surface area contributed by atoms with Crippen molar-refractivity contribution >= 4 is 5.91 Å². The molecule has 32 heavy (non-hydrogen) atoms. The Balaban J connectivity index is 1.49. The molecule has 4 nitrogen and oxygen atoms in total. The number of amides is 1. The maximum Gasteiger partial charge on any atom is 0.254 e. The van der Waals surface area contributed by atoms with E-state index in [0.29, 0.717) is 25.3 Å². The van der Waals surface area contributed by atoms with Gasteiger partial charge in [0.05, 0.1) is 6.61 Å². The average molecular weight is 421 g/mol. The predicted octanol–water partition coefficient (Wildman–Crippen LogP) is 5.53. The van der Waals surface area contributed by atoms with Gasteiger partial charge in [-0.2, -0.15) is 0 Å². The molecule has 4 heteroatoms. The Hall–Kier alpha value is -3.92. The van der Waals surface area contributed by atoms with Crippen LogP contribution in [0.3, 0.4) is 0 Å². The van der Waals surface area contributed by atoms with Crippen LogP contribution in [-0.4, -0.2) is 22.4 Å². The molecule has 0 saturated heterocycles. The Labute approximate surface area is 188 Å². The van der Waals surface area contributed by atoms with Crippen molar-refractivity contribution < 1.29 is 9.53 Å². The lowest BCUT2D eigenvalue weighted by Crippen LogP contribution is -2.30. The molecule has 158 valence electrons. The lowest BCUT2D eigenvalue weighted by atomic mass is 9.99. The zero-order chi connectivity index (χ0) is 21.8. The zero-order valence-corrected chi connectivity index (χ0v) is 17.8. The second kappa shape index (κ2) is 9.06. The molecule has 0 fully saturated rings. The van der Waals surface area contributed by atoms with Gasteiger partial charge in [-0.3, -0.25) is 9.78 Å². The highest BCUT2D eigenvalue weighted by Crippen LogP contribution is 2.28. The summed E-state index contributed by atoms with van der Waals surface area (Å²) < 4.78 is 5.62. The van der Waals surface area contributed by atoms with Gasteiger partial charge in [0.1, 0.15) is 5.75 Å². The summed E-state index contributed by atoms with van der Waals surface area (Å²) in [5.74, 6) is 0.899. The standard InChI is InChI=1S/C28H24N2O2/c31-28(24-10-11-27-23(18-24)14-17-32-27)30(19-21-12-15-29-16-13-21)20-25-8-4-5-9-26(25)22-6-2-1-3-7-22/h1-13,15-16,18H,14,17,19-20H2. The van der Waals surface area contributed by atoms with Crippen LogP contribution in [0.15, 0.2) is 97.3 Å². The van der Waals surface area contributed by atoms with Crippen molar-refractivity contribution in [1.82, 2.24) is 9.88 Å². The highest BCUT2D eigenvalue weighted by molar-refractivity contribution is 5.94. The van der Waals surface area contributed by atoms with E-state index in [4.69, 9.17) is 4.74 Å². The van der Waals surface area contributed by atoms with Gasteiger partial charge in [-0.15, -0.1) is 0 Å². The molecule has 0 atom stereocenters. The average Bonchev–Trinajstić information content (AvgIpc) is 3.33. The van der Waals surface area contributed by atoms with Gasteiger partial charge in [-0.1, -0.05) is 54.6 Å². The number of aromatic nitrogens is 1. The summed E-state index contributed by atoms with van der Waals surface area (Å²) in [6.07, 6.45) is 4.38. The maximum absolute atomic E-state index is 13.7. The van der Waals surface area contributed by atoms with Gasteiger partial charge in [-0.05, 0) is 58.1 Å². The maximum atomic E-state index is 13.7. The van der Waals surface area contributed by atoms with Gasteiger partial charge >= 0.3 is 0 Å². The second-order valence-corrected chi connectivity index (χ2v) is 7.96. The van der Waals surface area contributed by atoms with E-state index in [9.17, 15) is 4.79 Å². The molecule has 0 radical (unpaired) electrons. The number of benzene rings is 3. The molecule has 0 N–H and O–H groups in total. The third-order valence-corrected chi connectivity index (χ3v) is 5.81. The molecule has 0 bridgehead atoms. The van der Waals surface area contributed by atoms with Crippen molar-refractivity contribution in [2.24, 2.45) is 0 Å². The van der Waals surface area contributed by atoms with E-state index in [-0.39, 0.29) is 5.91 Å². The van der Waals surface area contributed by atoms with Crippen molar-refractivity contribution in [2.45, 2.75) is 19.5 Å². The number of hydrogen-bond donors (Lipinski definition) is 0. The van der Waals surface area contributed by atoms with Crippen molar-refractivity contribution in [2.75, 3.05) is 6.61 Å². The van der Waals surface area contributed by atoms with Crippen LogP contribution in [-0.2, 0) is 19.5 Å². The van der Waals surface area contributed by atoms with Gasteiger partial charge in [0.2, 0.25) is 0 Å². The number of fused-ring (bicyclic) bond motifs is 1. The van der Waals surface area contributed by atoms with E-state index >= 15 is 0 Å². The molecule has 5 rings (SSSR count). The van der Waals surface area contributed by atoms with Crippen LogP contribution in [0.1, 0.15) is 27.0 Å². The van der Waals surface area contributed by atoms with Crippen LogP contribution < -0.4 is 4.74 Å². The number of nitrogens with zero attached hydrogens (tertiary/aromatic N) is 2. The number of carbonyl (C=O) groups excluding carboxylic acids is 1. The largest absolute Gasteiger partial charge is 0.493 e. The van der Waals surface area contributed by atoms with E-state index < -0.39 is 0 Å². The Kier molecular flexibility index (Phi) is 5.67. The number of carbonyl (C=O) groups is 1. The van der Waals surface area contributed by atoms with Crippen molar-refractivity contribution in [1.29, 1.82) is 0 Å². The van der Waals surface area contributed by atoms with Gasteiger partial charge < -0.3 is 9.64 Å². The molecule has 1 aliphatic rings. The number of pyridine rings is 1. The summed E-state index contributed by atoms with van der Waals surface area (Å²) in [6, 6.07) is 28.3. The molecule has 1 amide bonds. The van der Waals surface area contributed by atoms with E-state index in [1.54, 1.807) is 12.4 Å². The smallest absolute Gasteiger partial charge is 0.254 e. The van der Waals surface area contributed by atoms with Gasteiger partial charge in [-0.25, -0.2) is 0 Å². The van der Waals surface area contributed by atoms with Crippen LogP contribution in [0.25, 0.3) is 11.1 Å². The molecule has 0 aliphatic carbocycles. The molecule has 1 aliphatic heterocycles. The third-order valence-electron chi connectivity index (χ3n) is 5.81. The molecule has 4 aromatic rings. The van der Waals surface area contributed by atoms with Crippen molar-refractivity contribution in [3.8, 4) is 16.9 Å². The topological polar surface area (TPSA) is 42.4 Å². The summed E-state index contributed by atoms with van der Waals surface area (Å²) in [5, 5.41) is 0.